The smallest absolute Gasteiger partial charge is 0.256 e. The van der Waals surface area contributed by atoms with Gasteiger partial charge >= 0.3 is 0 Å². The molecule has 1 heterocycles. The third-order valence-corrected chi connectivity index (χ3v) is 4.16. The molecule has 6 nitrogen and oxygen atoms in total. The molecule has 0 fully saturated rings. The van der Waals surface area contributed by atoms with Crippen molar-refractivity contribution in [3.8, 4) is 23.0 Å². The maximum absolute atomic E-state index is 12.6. The van der Waals surface area contributed by atoms with Crippen LogP contribution in [0.1, 0.15) is 15.9 Å². The molecule has 0 aliphatic carbocycles. The first-order chi connectivity index (χ1) is 13.7. The van der Waals surface area contributed by atoms with Crippen molar-refractivity contribution in [2.24, 2.45) is 0 Å². The summed E-state index contributed by atoms with van der Waals surface area (Å²) in [5.41, 5.74) is 3.18. The van der Waals surface area contributed by atoms with Gasteiger partial charge < -0.3 is 5.32 Å². The van der Waals surface area contributed by atoms with Crippen molar-refractivity contribution in [2.75, 3.05) is 5.32 Å². The number of nitrogens with zero attached hydrogens (tertiary/aromatic N) is 4. The molecule has 0 saturated heterocycles. The molecular weight excluding hydrogens is 350 g/mol. The van der Waals surface area contributed by atoms with Crippen LogP contribution in [0.4, 0.5) is 5.82 Å². The van der Waals surface area contributed by atoms with Gasteiger partial charge in [0.2, 0.25) is 0 Å². The van der Waals surface area contributed by atoms with E-state index in [1.807, 2.05) is 36.4 Å². The van der Waals surface area contributed by atoms with Gasteiger partial charge in [0.15, 0.2) is 5.82 Å². The number of carbonyl (C=O) groups is 1. The van der Waals surface area contributed by atoms with E-state index in [4.69, 9.17) is 5.26 Å². The molecule has 0 atom stereocenters. The lowest BCUT2D eigenvalue weighted by Gasteiger charge is -2.03. The average Bonchev–Trinajstić information content (AvgIpc) is 3.18. The van der Waals surface area contributed by atoms with Crippen LogP contribution in [0.3, 0.4) is 0 Å². The normalized spacial score (nSPS) is 10.2. The number of anilines is 1. The highest BCUT2D eigenvalue weighted by molar-refractivity contribution is 6.05. The second-order valence-corrected chi connectivity index (χ2v) is 6.03. The standard InChI is InChI=1S/C22H15N5O/c23-15-16-11-13-19(14-12-16)27-25-20(17-7-3-1-4-8-17)21(26-27)24-22(28)18-9-5-2-6-10-18/h1-14H,(H,24,26,28). The Morgan fingerprint density at radius 2 is 1.50 bits per heavy atom. The first kappa shape index (κ1) is 17.2. The Morgan fingerprint density at radius 3 is 2.14 bits per heavy atom. The second-order valence-electron chi connectivity index (χ2n) is 6.03. The maximum Gasteiger partial charge on any atom is 0.256 e. The molecule has 1 amide bonds. The van der Waals surface area contributed by atoms with Crippen LogP contribution in [0.5, 0.6) is 0 Å². The van der Waals surface area contributed by atoms with Gasteiger partial charge in [0, 0.05) is 11.1 Å². The topological polar surface area (TPSA) is 83.6 Å². The summed E-state index contributed by atoms with van der Waals surface area (Å²) in [5.74, 6) is 0.106. The highest BCUT2D eigenvalue weighted by Crippen LogP contribution is 2.25. The zero-order valence-corrected chi connectivity index (χ0v) is 14.8. The van der Waals surface area contributed by atoms with E-state index in [1.165, 1.54) is 4.80 Å². The van der Waals surface area contributed by atoms with Crippen LogP contribution in [0.2, 0.25) is 0 Å². The number of aromatic nitrogens is 3. The van der Waals surface area contributed by atoms with Crippen molar-refractivity contribution in [2.45, 2.75) is 0 Å². The highest BCUT2D eigenvalue weighted by Gasteiger charge is 2.17. The number of nitrogens with one attached hydrogen (secondary N) is 1. The van der Waals surface area contributed by atoms with Crippen molar-refractivity contribution < 1.29 is 4.79 Å². The lowest BCUT2D eigenvalue weighted by atomic mass is 10.1. The summed E-state index contributed by atoms with van der Waals surface area (Å²) in [6.07, 6.45) is 0. The van der Waals surface area contributed by atoms with E-state index in [2.05, 4.69) is 21.6 Å². The fraction of sp³-hybridized carbons (Fsp3) is 0. The number of rotatable bonds is 4. The Hall–Kier alpha value is -4.24. The van der Waals surface area contributed by atoms with Crippen molar-refractivity contribution >= 4 is 11.7 Å². The van der Waals surface area contributed by atoms with Crippen LogP contribution in [0.25, 0.3) is 16.9 Å². The zero-order valence-electron chi connectivity index (χ0n) is 14.8. The molecular formula is C22H15N5O. The molecule has 134 valence electrons. The van der Waals surface area contributed by atoms with Gasteiger partial charge in [0.05, 0.1) is 17.3 Å². The van der Waals surface area contributed by atoms with E-state index < -0.39 is 0 Å². The van der Waals surface area contributed by atoms with Crippen molar-refractivity contribution in [3.63, 3.8) is 0 Å². The van der Waals surface area contributed by atoms with E-state index in [0.717, 1.165) is 5.56 Å². The zero-order chi connectivity index (χ0) is 19.3. The summed E-state index contributed by atoms with van der Waals surface area (Å²) in [7, 11) is 0. The summed E-state index contributed by atoms with van der Waals surface area (Å²) in [5, 5.41) is 20.8. The van der Waals surface area contributed by atoms with Gasteiger partial charge in [-0.15, -0.1) is 15.0 Å². The molecule has 0 spiro atoms. The molecule has 1 aromatic heterocycles. The van der Waals surface area contributed by atoms with Crippen molar-refractivity contribution in [3.05, 3.63) is 96.1 Å². The summed E-state index contributed by atoms with van der Waals surface area (Å²) >= 11 is 0. The van der Waals surface area contributed by atoms with Gasteiger partial charge in [-0.25, -0.2) is 0 Å². The Bertz CT molecular complexity index is 1140. The summed E-state index contributed by atoms with van der Waals surface area (Å²) in [6, 6.07) is 27.5. The van der Waals surface area contributed by atoms with Gasteiger partial charge in [-0.3, -0.25) is 4.79 Å². The molecule has 0 unspecified atom stereocenters. The second kappa shape index (κ2) is 7.56. The molecule has 4 rings (SSSR count). The molecule has 0 aliphatic rings. The predicted octanol–water partition coefficient (Wildman–Crippen LogP) is 4.06. The van der Waals surface area contributed by atoms with Crippen LogP contribution in [-0.2, 0) is 0 Å². The van der Waals surface area contributed by atoms with Crippen LogP contribution >= 0.6 is 0 Å². The molecule has 4 aromatic rings. The molecule has 1 N–H and O–H groups in total. The van der Waals surface area contributed by atoms with Gasteiger partial charge in [-0.2, -0.15) is 5.26 Å². The van der Waals surface area contributed by atoms with Crippen molar-refractivity contribution in [1.82, 2.24) is 15.0 Å². The van der Waals surface area contributed by atoms with Gasteiger partial charge in [0.1, 0.15) is 5.69 Å². The number of carbonyl (C=O) groups excluding carboxylic acids is 1. The maximum atomic E-state index is 12.6. The third-order valence-electron chi connectivity index (χ3n) is 4.16. The fourth-order valence-electron chi connectivity index (χ4n) is 2.74. The number of hydrogen-bond donors (Lipinski definition) is 1. The third kappa shape index (κ3) is 3.50. The first-order valence-corrected chi connectivity index (χ1v) is 8.64. The van der Waals surface area contributed by atoms with Gasteiger partial charge in [0.25, 0.3) is 5.91 Å². The van der Waals surface area contributed by atoms with E-state index in [1.54, 1.807) is 48.5 Å². The minimum Gasteiger partial charge on any atom is -0.303 e. The van der Waals surface area contributed by atoms with Crippen LogP contribution in [0.15, 0.2) is 84.9 Å². The van der Waals surface area contributed by atoms with Crippen LogP contribution in [0, 0.1) is 11.3 Å². The minimum atomic E-state index is -0.260. The monoisotopic (exact) mass is 365 g/mol. The van der Waals surface area contributed by atoms with Crippen LogP contribution < -0.4 is 5.32 Å². The molecule has 3 aromatic carbocycles. The van der Waals surface area contributed by atoms with Gasteiger partial charge in [-0.1, -0.05) is 48.5 Å². The Labute approximate surface area is 161 Å². The molecule has 0 bridgehead atoms. The lowest BCUT2D eigenvalue weighted by molar-refractivity contribution is 0.102. The molecule has 0 aliphatic heterocycles. The summed E-state index contributed by atoms with van der Waals surface area (Å²) in [4.78, 5) is 14.1. The Morgan fingerprint density at radius 1 is 0.857 bits per heavy atom. The van der Waals surface area contributed by atoms with Crippen LogP contribution in [-0.4, -0.2) is 20.9 Å². The quantitative estimate of drug-likeness (QED) is 0.591. The van der Waals surface area contributed by atoms with E-state index in [9.17, 15) is 4.79 Å². The highest BCUT2D eigenvalue weighted by atomic mass is 16.1. The number of benzene rings is 3. The van der Waals surface area contributed by atoms with E-state index >= 15 is 0 Å². The largest absolute Gasteiger partial charge is 0.303 e. The average molecular weight is 365 g/mol. The lowest BCUT2D eigenvalue weighted by Crippen LogP contribution is -2.13. The van der Waals surface area contributed by atoms with E-state index in [-0.39, 0.29) is 5.91 Å². The number of hydrogen-bond acceptors (Lipinski definition) is 4. The minimum absolute atomic E-state index is 0.260. The molecule has 0 radical (unpaired) electrons. The van der Waals surface area contributed by atoms with Crippen molar-refractivity contribution in [1.29, 1.82) is 5.26 Å². The SMILES string of the molecule is N#Cc1ccc(-n2nc(NC(=O)c3ccccc3)c(-c3ccccc3)n2)cc1. The predicted molar refractivity (Wildman–Crippen MR) is 106 cm³/mol. The molecule has 28 heavy (non-hydrogen) atoms. The summed E-state index contributed by atoms with van der Waals surface area (Å²) < 4.78 is 0. The number of amides is 1. The Balaban J connectivity index is 1.74. The van der Waals surface area contributed by atoms with Gasteiger partial charge in [-0.05, 0) is 36.4 Å². The molecule has 6 heteroatoms. The first-order valence-electron chi connectivity index (χ1n) is 8.64. The molecule has 0 saturated carbocycles. The van der Waals surface area contributed by atoms with E-state index in [0.29, 0.717) is 28.3 Å². The number of nitriles is 1. The Kier molecular flexibility index (Phi) is 4.64. The fourth-order valence-corrected chi connectivity index (χ4v) is 2.74. The summed E-state index contributed by atoms with van der Waals surface area (Å²) in [6.45, 7) is 0.